The molecule has 0 radical (unpaired) electrons. The van der Waals surface area contributed by atoms with E-state index in [1.807, 2.05) is 32.5 Å². The minimum atomic E-state index is -0.904. The van der Waals surface area contributed by atoms with Crippen molar-refractivity contribution in [3.8, 4) is 0 Å². The number of carboxylic acids is 1. The van der Waals surface area contributed by atoms with E-state index < -0.39 is 12.1 Å². The third-order valence-electron chi connectivity index (χ3n) is 4.44. The number of aliphatic carboxylic acids is 1. The summed E-state index contributed by atoms with van der Waals surface area (Å²) in [7, 11) is 1.90. The fraction of sp³-hybridized carbons (Fsp3) is 0.688. The highest BCUT2D eigenvalue weighted by Crippen LogP contribution is 2.19. The second kappa shape index (κ2) is 7.12. The fourth-order valence-corrected chi connectivity index (χ4v) is 3.06. The van der Waals surface area contributed by atoms with Crippen molar-refractivity contribution in [3.63, 3.8) is 0 Å². The molecule has 1 N–H and O–H groups in total. The summed E-state index contributed by atoms with van der Waals surface area (Å²) >= 11 is 0. The number of rotatable bonds is 5. The molecule has 0 saturated carbocycles. The van der Waals surface area contributed by atoms with Crippen LogP contribution in [0.1, 0.15) is 30.3 Å². The Labute approximate surface area is 136 Å². The molecule has 7 heteroatoms. The Bertz CT molecular complexity index is 596. The molecule has 0 unspecified atom stereocenters. The van der Waals surface area contributed by atoms with E-state index in [1.165, 1.54) is 0 Å². The summed E-state index contributed by atoms with van der Waals surface area (Å²) in [5.41, 5.74) is 3.15. The number of hydrogen-bond donors (Lipinski definition) is 1. The van der Waals surface area contributed by atoms with Crippen LogP contribution >= 0.6 is 0 Å². The Balaban J connectivity index is 2.00. The second-order valence-corrected chi connectivity index (χ2v) is 6.25. The molecule has 2 rings (SSSR count). The van der Waals surface area contributed by atoms with Gasteiger partial charge in [-0.15, -0.1) is 0 Å². The van der Waals surface area contributed by atoms with Crippen LogP contribution in [0.3, 0.4) is 0 Å². The number of carbonyl (C=O) groups is 2. The van der Waals surface area contributed by atoms with Gasteiger partial charge in [0.15, 0.2) is 0 Å². The summed E-state index contributed by atoms with van der Waals surface area (Å²) in [4.78, 5) is 25.2. The molecular weight excluding hydrogens is 298 g/mol. The van der Waals surface area contributed by atoms with Crippen molar-refractivity contribution in [1.29, 1.82) is 0 Å². The third-order valence-corrected chi connectivity index (χ3v) is 4.44. The van der Waals surface area contributed by atoms with Gasteiger partial charge in [-0.3, -0.25) is 14.3 Å². The molecule has 0 bridgehead atoms. The van der Waals surface area contributed by atoms with Crippen LogP contribution < -0.4 is 0 Å². The van der Waals surface area contributed by atoms with E-state index in [0.29, 0.717) is 26.1 Å². The average molecular weight is 323 g/mol. The van der Waals surface area contributed by atoms with Crippen LogP contribution in [0.5, 0.6) is 0 Å². The van der Waals surface area contributed by atoms with Gasteiger partial charge in [0.05, 0.1) is 24.8 Å². The SMILES string of the molecule is Cc1nn(C)c(C)c1C[C@@H](C)C(=O)N1CCO[C@H](CC(=O)O)C1. The van der Waals surface area contributed by atoms with E-state index in [0.717, 1.165) is 17.0 Å². The Morgan fingerprint density at radius 2 is 2.13 bits per heavy atom. The summed E-state index contributed by atoms with van der Waals surface area (Å²) in [5.74, 6) is -1.02. The number of carboxylic acid groups (broad SMARTS) is 1. The van der Waals surface area contributed by atoms with Crippen LogP contribution in [-0.4, -0.2) is 57.5 Å². The maximum absolute atomic E-state index is 12.7. The van der Waals surface area contributed by atoms with Gasteiger partial charge in [0.2, 0.25) is 5.91 Å². The highest BCUT2D eigenvalue weighted by molar-refractivity contribution is 5.79. The minimum absolute atomic E-state index is 0.0475. The highest BCUT2D eigenvalue weighted by atomic mass is 16.5. The topological polar surface area (TPSA) is 84.7 Å². The molecule has 23 heavy (non-hydrogen) atoms. The number of aryl methyl sites for hydroxylation is 2. The third kappa shape index (κ3) is 4.10. The molecule has 128 valence electrons. The maximum Gasteiger partial charge on any atom is 0.306 e. The van der Waals surface area contributed by atoms with Crippen molar-refractivity contribution < 1.29 is 19.4 Å². The second-order valence-electron chi connectivity index (χ2n) is 6.25. The quantitative estimate of drug-likeness (QED) is 0.871. The number of ether oxygens (including phenoxy) is 1. The molecule has 0 spiro atoms. The Kier molecular flexibility index (Phi) is 5.41. The van der Waals surface area contributed by atoms with Gasteiger partial charge in [0.25, 0.3) is 0 Å². The van der Waals surface area contributed by atoms with E-state index in [4.69, 9.17) is 9.84 Å². The maximum atomic E-state index is 12.7. The smallest absolute Gasteiger partial charge is 0.306 e. The average Bonchev–Trinajstić information content (AvgIpc) is 2.72. The van der Waals surface area contributed by atoms with Crippen molar-refractivity contribution in [1.82, 2.24) is 14.7 Å². The summed E-state index contributed by atoms with van der Waals surface area (Å²) in [6, 6.07) is 0. The van der Waals surface area contributed by atoms with Gasteiger partial charge >= 0.3 is 5.97 Å². The van der Waals surface area contributed by atoms with Crippen LogP contribution in [0, 0.1) is 19.8 Å². The molecule has 1 aliphatic heterocycles. The molecule has 1 amide bonds. The summed E-state index contributed by atoms with van der Waals surface area (Å²) in [6.07, 6.45) is 0.156. The number of aromatic nitrogens is 2. The molecule has 1 aromatic rings. The Hall–Kier alpha value is -1.89. The molecule has 0 aliphatic carbocycles. The first kappa shape index (κ1) is 17.5. The van der Waals surface area contributed by atoms with Crippen LogP contribution in [0.4, 0.5) is 0 Å². The van der Waals surface area contributed by atoms with E-state index in [-0.39, 0.29) is 18.2 Å². The van der Waals surface area contributed by atoms with E-state index in [1.54, 1.807) is 4.90 Å². The first-order valence-electron chi connectivity index (χ1n) is 7.90. The number of hydrogen-bond acceptors (Lipinski definition) is 4. The lowest BCUT2D eigenvalue weighted by Gasteiger charge is -2.34. The largest absolute Gasteiger partial charge is 0.481 e. The predicted molar refractivity (Wildman–Crippen MR) is 84.1 cm³/mol. The zero-order chi connectivity index (χ0) is 17.1. The van der Waals surface area contributed by atoms with Gasteiger partial charge in [-0.25, -0.2) is 0 Å². The van der Waals surface area contributed by atoms with Crippen LogP contribution in [-0.2, 0) is 27.8 Å². The fourth-order valence-electron chi connectivity index (χ4n) is 3.06. The van der Waals surface area contributed by atoms with E-state index >= 15 is 0 Å². The van der Waals surface area contributed by atoms with Crippen molar-refractivity contribution in [3.05, 3.63) is 17.0 Å². The normalized spacial score (nSPS) is 19.7. The van der Waals surface area contributed by atoms with Gasteiger partial charge in [-0.2, -0.15) is 5.10 Å². The summed E-state index contributed by atoms with van der Waals surface area (Å²) in [5, 5.41) is 13.3. The van der Waals surface area contributed by atoms with Crippen molar-refractivity contribution in [2.24, 2.45) is 13.0 Å². The monoisotopic (exact) mass is 323 g/mol. The zero-order valence-electron chi connectivity index (χ0n) is 14.2. The molecule has 1 saturated heterocycles. The number of nitrogens with zero attached hydrogens (tertiary/aromatic N) is 3. The number of carbonyl (C=O) groups excluding carboxylic acids is 1. The molecule has 1 fully saturated rings. The lowest BCUT2D eigenvalue weighted by molar-refractivity contribution is -0.149. The Morgan fingerprint density at radius 1 is 1.43 bits per heavy atom. The van der Waals surface area contributed by atoms with Gasteiger partial charge in [0.1, 0.15) is 0 Å². The van der Waals surface area contributed by atoms with Gasteiger partial charge in [0, 0.05) is 31.7 Å². The predicted octanol–water partition coefficient (Wildman–Crippen LogP) is 0.918. The molecule has 2 heterocycles. The lowest BCUT2D eigenvalue weighted by atomic mass is 9.98. The molecule has 1 aromatic heterocycles. The molecule has 7 nitrogen and oxygen atoms in total. The van der Waals surface area contributed by atoms with Crippen molar-refractivity contribution >= 4 is 11.9 Å². The van der Waals surface area contributed by atoms with Crippen LogP contribution in [0.15, 0.2) is 0 Å². The molecular formula is C16H25N3O4. The minimum Gasteiger partial charge on any atom is -0.481 e. The van der Waals surface area contributed by atoms with E-state index in [9.17, 15) is 9.59 Å². The molecule has 2 atom stereocenters. The van der Waals surface area contributed by atoms with Crippen molar-refractivity contribution in [2.45, 2.75) is 39.7 Å². The molecule has 0 aromatic carbocycles. The van der Waals surface area contributed by atoms with Crippen molar-refractivity contribution in [2.75, 3.05) is 19.7 Å². The van der Waals surface area contributed by atoms with E-state index in [2.05, 4.69) is 5.10 Å². The first-order chi connectivity index (χ1) is 10.8. The summed E-state index contributed by atoms with van der Waals surface area (Å²) < 4.78 is 7.25. The standard InChI is InChI=1S/C16H25N3O4/c1-10(7-14-11(2)17-18(4)12(14)3)16(22)19-5-6-23-13(9-19)8-15(20)21/h10,13H,5-9H2,1-4H3,(H,20,21)/t10-,13-/m1/s1. The van der Waals surface area contributed by atoms with Crippen LogP contribution in [0.25, 0.3) is 0 Å². The zero-order valence-corrected chi connectivity index (χ0v) is 14.2. The lowest BCUT2D eigenvalue weighted by Crippen LogP contribution is -2.48. The Morgan fingerprint density at radius 3 is 2.70 bits per heavy atom. The van der Waals surface area contributed by atoms with Gasteiger partial charge < -0.3 is 14.7 Å². The first-order valence-corrected chi connectivity index (χ1v) is 7.90. The number of amides is 1. The highest BCUT2D eigenvalue weighted by Gasteiger charge is 2.29. The molecule has 1 aliphatic rings. The summed E-state index contributed by atoms with van der Waals surface area (Å²) in [6.45, 7) is 7.13. The number of morpholine rings is 1. The van der Waals surface area contributed by atoms with Gasteiger partial charge in [-0.1, -0.05) is 6.92 Å². The van der Waals surface area contributed by atoms with Crippen LogP contribution in [0.2, 0.25) is 0 Å². The van der Waals surface area contributed by atoms with Gasteiger partial charge in [-0.05, 0) is 25.8 Å².